The number of fused-ring (bicyclic) bond motifs is 5. The number of rotatable bonds is 4. The molecule has 4 rings (SSSR count). The minimum Gasteiger partial charge on any atom is -0.370 e. The van der Waals surface area contributed by atoms with Gasteiger partial charge in [-0.3, -0.25) is 0 Å². The summed E-state index contributed by atoms with van der Waals surface area (Å²) in [6, 6.07) is 0. The number of likely N-dealkylation sites (N-methyl/N-ethyl adjacent to an activating group) is 1. The summed E-state index contributed by atoms with van der Waals surface area (Å²) in [5, 5.41) is 0. The Bertz CT molecular complexity index is 407. The maximum absolute atomic E-state index is 5.52. The van der Waals surface area contributed by atoms with Crippen molar-refractivity contribution in [3.63, 3.8) is 0 Å². The summed E-state index contributed by atoms with van der Waals surface area (Å²) >= 11 is 0. The van der Waals surface area contributed by atoms with E-state index in [9.17, 15) is 0 Å². The van der Waals surface area contributed by atoms with E-state index in [1.807, 2.05) is 0 Å². The van der Waals surface area contributed by atoms with E-state index in [2.05, 4.69) is 26.2 Å². The van der Waals surface area contributed by atoms with Crippen LogP contribution in [-0.4, -0.2) is 75.5 Å². The van der Waals surface area contributed by atoms with Crippen LogP contribution in [0.15, 0.2) is 12.2 Å². The molecule has 5 atom stereocenters. The lowest BCUT2D eigenvalue weighted by molar-refractivity contribution is -0.929. The zero-order chi connectivity index (χ0) is 14.5. The fraction of sp³-hybridized carbons (Fsp3) is 0.889. The molecule has 0 radical (unpaired) electrons. The fourth-order valence-corrected chi connectivity index (χ4v) is 5.68. The SMILES string of the molecule is C[N+]1(CCC[N+]2(C)C[C@@H]3[C@@H](C2)[C@H]2C=C[C@@H]3C2)CCOCC1. The van der Waals surface area contributed by atoms with Gasteiger partial charge in [-0.2, -0.15) is 0 Å². The maximum Gasteiger partial charge on any atom is 0.102 e. The molecule has 3 nitrogen and oxygen atoms in total. The van der Waals surface area contributed by atoms with Gasteiger partial charge in [0.1, 0.15) is 13.1 Å². The average Bonchev–Trinajstić information content (AvgIpc) is 3.10. The molecule has 0 aromatic heterocycles. The van der Waals surface area contributed by atoms with Crippen molar-refractivity contribution in [1.29, 1.82) is 0 Å². The van der Waals surface area contributed by atoms with Gasteiger partial charge in [-0.05, 0) is 18.3 Å². The monoisotopic (exact) mass is 292 g/mol. The summed E-state index contributed by atoms with van der Waals surface area (Å²) in [6.45, 7) is 9.97. The number of morpholine rings is 1. The summed E-state index contributed by atoms with van der Waals surface area (Å²) in [4.78, 5) is 0. The molecule has 0 aromatic carbocycles. The van der Waals surface area contributed by atoms with Gasteiger partial charge in [0.15, 0.2) is 0 Å². The zero-order valence-electron chi connectivity index (χ0n) is 13.8. The Morgan fingerprint density at radius 1 is 0.905 bits per heavy atom. The van der Waals surface area contributed by atoms with Gasteiger partial charge < -0.3 is 13.7 Å². The molecule has 4 aliphatic rings. The molecule has 1 saturated carbocycles. The molecule has 1 unspecified atom stereocenters. The van der Waals surface area contributed by atoms with E-state index in [0.29, 0.717) is 0 Å². The van der Waals surface area contributed by atoms with E-state index in [-0.39, 0.29) is 0 Å². The summed E-state index contributed by atoms with van der Waals surface area (Å²) in [6.07, 6.45) is 7.92. The second-order valence-electron chi connectivity index (χ2n) is 8.74. The third kappa shape index (κ3) is 2.58. The number of allylic oxidation sites excluding steroid dienone is 2. The second kappa shape index (κ2) is 5.07. The highest BCUT2D eigenvalue weighted by atomic mass is 16.5. The molecule has 0 spiro atoms. The molecule has 0 aromatic rings. The van der Waals surface area contributed by atoms with E-state index >= 15 is 0 Å². The van der Waals surface area contributed by atoms with Crippen LogP contribution in [0.1, 0.15) is 12.8 Å². The Hall–Kier alpha value is -0.380. The molecule has 0 N–H and O–H groups in total. The standard InChI is InChI=1S/C18H32N2O/c1-19(8-10-21-11-9-19)6-3-7-20(2)13-17-15-4-5-16(12-15)18(17)14-20/h4-5,15-18H,3,6-14H2,1-2H3/q+2/t15-,16+,17-,18-,20?/m0/s1. The molecule has 2 bridgehead atoms. The molecule has 2 saturated heterocycles. The molecule has 0 amide bonds. The van der Waals surface area contributed by atoms with Gasteiger partial charge in [0.25, 0.3) is 0 Å². The van der Waals surface area contributed by atoms with Gasteiger partial charge >= 0.3 is 0 Å². The van der Waals surface area contributed by atoms with Crippen LogP contribution < -0.4 is 0 Å². The van der Waals surface area contributed by atoms with Gasteiger partial charge in [-0.15, -0.1) is 0 Å². The van der Waals surface area contributed by atoms with Gasteiger partial charge in [-0.25, -0.2) is 0 Å². The first-order valence-corrected chi connectivity index (χ1v) is 9.00. The number of quaternary nitrogens is 2. The number of ether oxygens (including phenoxy) is 1. The van der Waals surface area contributed by atoms with Crippen LogP contribution >= 0.6 is 0 Å². The number of hydrogen-bond donors (Lipinski definition) is 0. The van der Waals surface area contributed by atoms with Crippen molar-refractivity contribution in [2.45, 2.75) is 12.8 Å². The van der Waals surface area contributed by atoms with Crippen molar-refractivity contribution in [2.75, 3.05) is 66.6 Å². The van der Waals surface area contributed by atoms with Crippen LogP contribution in [0.3, 0.4) is 0 Å². The summed E-state index contributed by atoms with van der Waals surface area (Å²) in [7, 11) is 4.95. The van der Waals surface area contributed by atoms with Crippen molar-refractivity contribution >= 4 is 0 Å². The lowest BCUT2D eigenvalue weighted by Crippen LogP contribution is -2.53. The molecule has 118 valence electrons. The smallest absolute Gasteiger partial charge is 0.102 e. The molecule has 21 heavy (non-hydrogen) atoms. The van der Waals surface area contributed by atoms with Crippen LogP contribution in [0.25, 0.3) is 0 Å². The molecular weight excluding hydrogens is 260 g/mol. The minimum absolute atomic E-state index is 0.934. The Kier molecular flexibility index (Phi) is 3.44. The minimum atomic E-state index is 0.934. The second-order valence-corrected chi connectivity index (χ2v) is 8.74. The molecular formula is C18H32N2O+2. The van der Waals surface area contributed by atoms with Gasteiger partial charge in [-0.1, -0.05) is 12.2 Å². The number of likely N-dealkylation sites (tertiary alicyclic amines) is 1. The van der Waals surface area contributed by atoms with Crippen molar-refractivity contribution in [3.05, 3.63) is 12.2 Å². The Morgan fingerprint density at radius 3 is 2.10 bits per heavy atom. The highest BCUT2D eigenvalue weighted by Gasteiger charge is 2.54. The maximum atomic E-state index is 5.52. The first-order valence-electron chi connectivity index (χ1n) is 9.00. The van der Waals surface area contributed by atoms with Crippen molar-refractivity contribution < 1.29 is 13.7 Å². The summed E-state index contributed by atoms with van der Waals surface area (Å²) in [5.74, 6) is 3.89. The molecule has 2 aliphatic carbocycles. The number of hydrogen-bond acceptors (Lipinski definition) is 1. The van der Waals surface area contributed by atoms with E-state index in [0.717, 1.165) is 36.9 Å². The van der Waals surface area contributed by atoms with Gasteiger partial charge in [0, 0.05) is 18.3 Å². The highest BCUT2D eigenvalue weighted by Crippen LogP contribution is 2.52. The Labute approximate surface area is 129 Å². The van der Waals surface area contributed by atoms with Gasteiger partial charge in [0.05, 0.1) is 53.5 Å². The van der Waals surface area contributed by atoms with E-state index in [1.165, 1.54) is 61.1 Å². The predicted molar refractivity (Wildman–Crippen MR) is 84.7 cm³/mol. The summed E-state index contributed by atoms with van der Waals surface area (Å²) in [5.41, 5.74) is 0. The van der Waals surface area contributed by atoms with Crippen LogP contribution in [0.2, 0.25) is 0 Å². The van der Waals surface area contributed by atoms with Crippen molar-refractivity contribution in [2.24, 2.45) is 23.7 Å². The topological polar surface area (TPSA) is 9.23 Å². The third-order valence-electron chi connectivity index (χ3n) is 7.05. The fourth-order valence-electron chi connectivity index (χ4n) is 5.68. The Morgan fingerprint density at radius 2 is 1.48 bits per heavy atom. The largest absolute Gasteiger partial charge is 0.370 e. The average molecular weight is 292 g/mol. The molecule has 2 aliphatic heterocycles. The van der Waals surface area contributed by atoms with Crippen LogP contribution in [0.5, 0.6) is 0 Å². The zero-order valence-corrected chi connectivity index (χ0v) is 13.8. The van der Waals surface area contributed by atoms with E-state index in [1.54, 1.807) is 0 Å². The normalized spacial score (nSPS) is 47.0. The molecule has 3 heteroatoms. The first kappa shape index (κ1) is 14.2. The lowest BCUT2D eigenvalue weighted by Gasteiger charge is -2.39. The quantitative estimate of drug-likeness (QED) is 0.567. The highest BCUT2D eigenvalue weighted by molar-refractivity contribution is 5.14. The van der Waals surface area contributed by atoms with Crippen molar-refractivity contribution in [3.8, 4) is 0 Å². The Balaban J connectivity index is 1.30. The van der Waals surface area contributed by atoms with Crippen LogP contribution in [0.4, 0.5) is 0 Å². The van der Waals surface area contributed by atoms with E-state index in [4.69, 9.17) is 4.74 Å². The van der Waals surface area contributed by atoms with E-state index < -0.39 is 0 Å². The van der Waals surface area contributed by atoms with Crippen molar-refractivity contribution in [1.82, 2.24) is 0 Å². The molecule has 2 heterocycles. The predicted octanol–water partition coefficient (Wildman–Crippen LogP) is 1.75. The van der Waals surface area contributed by atoms with Crippen LogP contribution in [0, 0.1) is 23.7 Å². The third-order valence-corrected chi connectivity index (χ3v) is 7.05. The van der Waals surface area contributed by atoms with Crippen LogP contribution in [-0.2, 0) is 4.74 Å². The lowest BCUT2D eigenvalue weighted by atomic mass is 9.86. The molecule has 3 fully saturated rings. The summed E-state index contributed by atoms with van der Waals surface area (Å²) < 4.78 is 8.10. The first-order chi connectivity index (χ1) is 10.1. The van der Waals surface area contributed by atoms with Gasteiger partial charge in [0.2, 0.25) is 0 Å². The number of nitrogens with zero attached hydrogens (tertiary/aromatic N) is 2.